The van der Waals surface area contributed by atoms with Gasteiger partial charge in [0, 0.05) is 6.42 Å². The maximum Gasteiger partial charge on any atom is 0.416 e. The lowest BCUT2D eigenvalue weighted by Crippen LogP contribution is -2.46. The van der Waals surface area contributed by atoms with Gasteiger partial charge in [-0.1, -0.05) is 12.1 Å². The highest BCUT2D eigenvalue weighted by Gasteiger charge is 2.37. The van der Waals surface area contributed by atoms with E-state index in [0.29, 0.717) is 17.7 Å². The topological polar surface area (TPSA) is 109 Å². The number of aromatic carboxylic acids is 1. The minimum absolute atomic E-state index is 0.0292. The predicted octanol–water partition coefficient (Wildman–Crippen LogP) is 3.18. The quantitative estimate of drug-likeness (QED) is 0.549. The second-order valence-electron chi connectivity index (χ2n) is 6.82. The van der Waals surface area contributed by atoms with Crippen molar-refractivity contribution in [3.05, 3.63) is 70.3 Å². The molecule has 32 heavy (non-hydrogen) atoms. The Kier molecular flexibility index (Phi) is 7.17. The first-order valence-electron chi connectivity index (χ1n) is 8.86. The van der Waals surface area contributed by atoms with Crippen LogP contribution in [0.4, 0.5) is 26.3 Å². The summed E-state index contributed by atoms with van der Waals surface area (Å²) in [5.74, 6) is -3.21. The van der Waals surface area contributed by atoms with E-state index in [1.54, 1.807) is 0 Å². The normalized spacial score (nSPS) is 12.8. The summed E-state index contributed by atoms with van der Waals surface area (Å²) >= 11 is 0. The number of nitrogens with one attached hydrogen (secondary N) is 1. The molecule has 2 amide bonds. The number of halogens is 6. The average Bonchev–Trinajstić information content (AvgIpc) is 2.66. The number of carbonyl (C=O) groups excluding carboxylic acids is 2. The Balaban J connectivity index is 2.19. The number of hydrogen-bond donors (Lipinski definition) is 3. The first kappa shape index (κ1) is 24.7. The van der Waals surface area contributed by atoms with E-state index in [-0.39, 0.29) is 18.1 Å². The van der Waals surface area contributed by atoms with Crippen LogP contribution in [0.1, 0.15) is 32.6 Å². The monoisotopic (exact) mass is 462 g/mol. The molecule has 2 aromatic rings. The number of primary amides is 1. The second-order valence-corrected chi connectivity index (χ2v) is 6.82. The van der Waals surface area contributed by atoms with Crippen molar-refractivity contribution in [3.63, 3.8) is 0 Å². The predicted molar refractivity (Wildman–Crippen MR) is 98.4 cm³/mol. The number of carboxylic acids is 1. The lowest BCUT2D eigenvalue weighted by Gasteiger charge is -2.17. The van der Waals surface area contributed by atoms with E-state index in [9.17, 15) is 40.7 Å². The Hall–Kier alpha value is -3.57. The molecule has 2 rings (SSSR count). The summed E-state index contributed by atoms with van der Waals surface area (Å²) in [6.45, 7) is 0. The van der Waals surface area contributed by atoms with Crippen molar-refractivity contribution in [1.82, 2.24) is 5.32 Å². The van der Waals surface area contributed by atoms with E-state index in [2.05, 4.69) is 5.32 Å². The third kappa shape index (κ3) is 6.72. The van der Waals surface area contributed by atoms with Gasteiger partial charge in [0.15, 0.2) is 0 Å². The molecule has 0 fully saturated rings. The first-order valence-corrected chi connectivity index (χ1v) is 8.86. The fourth-order valence-corrected chi connectivity index (χ4v) is 2.79. The number of benzene rings is 2. The minimum Gasteiger partial charge on any atom is -0.478 e. The molecule has 0 heterocycles. The van der Waals surface area contributed by atoms with Crippen molar-refractivity contribution in [2.75, 3.05) is 0 Å². The van der Waals surface area contributed by atoms with Gasteiger partial charge in [0.2, 0.25) is 11.8 Å². The van der Waals surface area contributed by atoms with E-state index in [1.807, 2.05) is 0 Å². The highest BCUT2D eigenvalue weighted by Crippen LogP contribution is 2.36. The SMILES string of the molecule is NC(=O)[C@H](Cc1ccc(C(=O)O)cc1)NC(=O)Cc1cc(C(F)(F)F)cc(C(F)(F)F)c1. The lowest BCUT2D eigenvalue weighted by molar-refractivity contribution is -0.143. The summed E-state index contributed by atoms with van der Waals surface area (Å²) in [4.78, 5) is 34.7. The molecule has 2 aromatic carbocycles. The molecule has 4 N–H and O–H groups in total. The molecule has 0 bridgehead atoms. The van der Waals surface area contributed by atoms with Crippen LogP contribution in [0.15, 0.2) is 42.5 Å². The molecular weight excluding hydrogens is 446 g/mol. The Morgan fingerprint density at radius 1 is 0.875 bits per heavy atom. The average molecular weight is 462 g/mol. The zero-order valence-corrected chi connectivity index (χ0v) is 16.1. The Bertz CT molecular complexity index is 984. The van der Waals surface area contributed by atoms with E-state index in [0.717, 1.165) is 0 Å². The fraction of sp³-hybridized carbons (Fsp3) is 0.250. The molecule has 0 aromatic heterocycles. The maximum absolute atomic E-state index is 12.9. The van der Waals surface area contributed by atoms with Gasteiger partial charge in [-0.2, -0.15) is 26.3 Å². The van der Waals surface area contributed by atoms with Crippen LogP contribution in [-0.2, 0) is 34.8 Å². The first-order chi connectivity index (χ1) is 14.7. The van der Waals surface area contributed by atoms with Crippen LogP contribution in [0.5, 0.6) is 0 Å². The zero-order chi connectivity index (χ0) is 24.3. The molecule has 1 atom stereocenters. The standard InChI is InChI=1S/C20H16F6N2O4/c21-19(22,23)13-5-11(6-14(9-13)20(24,25)26)8-16(29)28-15(17(27)30)7-10-1-3-12(4-2-10)18(31)32/h1-6,9,15H,7-8H2,(H2,27,30)(H,28,29)(H,31,32)/t15-/m0/s1. The number of hydrogen-bond acceptors (Lipinski definition) is 3. The van der Waals surface area contributed by atoms with Crippen LogP contribution in [0.25, 0.3) is 0 Å². The molecule has 0 radical (unpaired) electrons. The molecule has 0 aliphatic rings. The number of alkyl halides is 6. The van der Waals surface area contributed by atoms with Crippen molar-refractivity contribution in [1.29, 1.82) is 0 Å². The minimum atomic E-state index is -5.07. The van der Waals surface area contributed by atoms with Crippen LogP contribution in [0, 0.1) is 0 Å². The summed E-state index contributed by atoms with van der Waals surface area (Å²) in [5, 5.41) is 11.0. The smallest absolute Gasteiger partial charge is 0.416 e. The maximum atomic E-state index is 12.9. The molecule has 0 aliphatic carbocycles. The number of amides is 2. The third-order valence-electron chi connectivity index (χ3n) is 4.33. The highest BCUT2D eigenvalue weighted by molar-refractivity contribution is 5.88. The Morgan fingerprint density at radius 2 is 1.38 bits per heavy atom. The van der Waals surface area contributed by atoms with Gasteiger partial charge < -0.3 is 16.2 Å². The van der Waals surface area contributed by atoms with Gasteiger partial charge in [0.25, 0.3) is 0 Å². The third-order valence-corrected chi connectivity index (χ3v) is 4.33. The molecule has 0 unspecified atom stereocenters. The van der Waals surface area contributed by atoms with E-state index < -0.39 is 59.3 Å². The Labute approximate surface area is 177 Å². The molecule has 172 valence electrons. The second kappa shape index (κ2) is 9.28. The van der Waals surface area contributed by atoms with Crippen LogP contribution >= 0.6 is 0 Å². The van der Waals surface area contributed by atoms with Crippen molar-refractivity contribution < 1.29 is 45.8 Å². The molecular formula is C20H16F6N2O4. The lowest BCUT2D eigenvalue weighted by atomic mass is 10.0. The molecule has 12 heteroatoms. The van der Waals surface area contributed by atoms with Crippen LogP contribution in [-0.4, -0.2) is 28.9 Å². The number of carboxylic acid groups (broad SMARTS) is 1. The van der Waals surface area contributed by atoms with Crippen LogP contribution in [0.2, 0.25) is 0 Å². The summed E-state index contributed by atoms with van der Waals surface area (Å²) < 4.78 is 77.7. The molecule has 0 saturated heterocycles. The van der Waals surface area contributed by atoms with E-state index in [1.165, 1.54) is 24.3 Å². The zero-order valence-electron chi connectivity index (χ0n) is 16.1. The van der Waals surface area contributed by atoms with Gasteiger partial charge in [-0.15, -0.1) is 0 Å². The number of nitrogens with two attached hydrogens (primary N) is 1. The van der Waals surface area contributed by atoms with Gasteiger partial charge >= 0.3 is 18.3 Å². The van der Waals surface area contributed by atoms with Gasteiger partial charge in [-0.25, -0.2) is 4.79 Å². The van der Waals surface area contributed by atoms with Crippen molar-refractivity contribution in [2.45, 2.75) is 31.2 Å². The van der Waals surface area contributed by atoms with Gasteiger partial charge in [0.05, 0.1) is 23.1 Å². The largest absolute Gasteiger partial charge is 0.478 e. The molecule has 0 aliphatic heterocycles. The number of rotatable bonds is 7. The summed E-state index contributed by atoms with van der Waals surface area (Å²) in [6.07, 6.45) is -11.2. The van der Waals surface area contributed by atoms with Gasteiger partial charge in [-0.05, 0) is 41.5 Å². The fourth-order valence-electron chi connectivity index (χ4n) is 2.79. The molecule has 0 saturated carbocycles. The molecule has 0 spiro atoms. The molecule has 6 nitrogen and oxygen atoms in total. The van der Waals surface area contributed by atoms with Crippen molar-refractivity contribution in [3.8, 4) is 0 Å². The number of carbonyl (C=O) groups is 3. The van der Waals surface area contributed by atoms with E-state index in [4.69, 9.17) is 10.8 Å². The van der Waals surface area contributed by atoms with E-state index >= 15 is 0 Å². The Morgan fingerprint density at radius 3 is 1.78 bits per heavy atom. The summed E-state index contributed by atoms with van der Waals surface area (Å²) in [7, 11) is 0. The van der Waals surface area contributed by atoms with Gasteiger partial charge in [-0.3, -0.25) is 9.59 Å². The highest BCUT2D eigenvalue weighted by atomic mass is 19.4. The summed E-state index contributed by atoms with van der Waals surface area (Å²) in [5.41, 5.74) is 1.91. The summed E-state index contributed by atoms with van der Waals surface area (Å²) in [6, 6.07) is 4.68. The van der Waals surface area contributed by atoms with Gasteiger partial charge in [0.1, 0.15) is 6.04 Å². The van der Waals surface area contributed by atoms with Crippen molar-refractivity contribution >= 4 is 17.8 Å². The van der Waals surface area contributed by atoms with Crippen LogP contribution < -0.4 is 11.1 Å². The van der Waals surface area contributed by atoms with Crippen molar-refractivity contribution in [2.24, 2.45) is 5.73 Å². The van der Waals surface area contributed by atoms with Crippen LogP contribution in [0.3, 0.4) is 0 Å².